The number of carbonyl (C=O) groups is 1. The maximum absolute atomic E-state index is 14.4. The molecule has 5 rings (SSSR count). The van der Waals surface area contributed by atoms with E-state index in [0.29, 0.717) is 18.4 Å². The molecule has 1 aromatic carbocycles. The lowest BCUT2D eigenvalue weighted by atomic mass is 9.92. The van der Waals surface area contributed by atoms with Gasteiger partial charge in [-0.25, -0.2) is 18.2 Å². The van der Waals surface area contributed by atoms with Crippen molar-refractivity contribution in [2.24, 2.45) is 0 Å². The van der Waals surface area contributed by atoms with E-state index in [1.165, 1.54) is 12.4 Å². The van der Waals surface area contributed by atoms with Gasteiger partial charge in [0.25, 0.3) is 5.91 Å². The topological polar surface area (TPSA) is 105 Å². The molecule has 2 fully saturated rings. The maximum Gasteiger partial charge on any atom is 0.274 e. The summed E-state index contributed by atoms with van der Waals surface area (Å²) >= 11 is 0. The van der Waals surface area contributed by atoms with Gasteiger partial charge in [0.2, 0.25) is 0 Å². The largest absolute Gasteiger partial charge is 0.390 e. The smallest absolute Gasteiger partial charge is 0.274 e. The molecule has 0 bridgehead atoms. The molecule has 1 amide bonds. The highest BCUT2D eigenvalue weighted by Gasteiger charge is 2.57. The van der Waals surface area contributed by atoms with Crippen molar-refractivity contribution < 1.29 is 32.9 Å². The van der Waals surface area contributed by atoms with E-state index >= 15 is 0 Å². The van der Waals surface area contributed by atoms with Crippen LogP contribution in [0.3, 0.4) is 0 Å². The first-order valence-electron chi connectivity index (χ1n) is 10.7. The van der Waals surface area contributed by atoms with Gasteiger partial charge in [0.1, 0.15) is 34.9 Å². The lowest BCUT2D eigenvalue weighted by Crippen LogP contribution is -2.47. The fraction of sp³-hybridized carbons (Fsp3) is 0.292. The summed E-state index contributed by atoms with van der Waals surface area (Å²) in [6.45, 7) is 0. The van der Waals surface area contributed by atoms with Crippen molar-refractivity contribution in [3.8, 4) is 11.3 Å². The van der Waals surface area contributed by atoms with Crippen LogP contribution in [0.4, 0.5) is 18.9 Å². The summed E-state index contributed by atoms with van der Waals surface area (Å²) in [5, 5.41) is 23.2. The molecule has 2 aromatic heterocycles. The lowest BCUT2D eigenvalue weighted by molar-refractivity contribution is -0.185. The number of pyridine rings is 2. The van der Waals surface area contributed by atoms with Crippen LogP contribution in [0.5, 0.6) is 0 Å². The van der Waals surface area contributed by atoms with Crippen molar-refractivity contribution in [2.75, 3.05) is 5.32 Å². The zero-order chi connectivity index (χ0) is 24.0. The average molecular weight is 471 g/mol. The van der Waals surface area contributed by atoms with Crippen LogP contribution in [0, 0.1) is 17.5 Å². The molecular weight excluding hydrogens is 451 g/mol. The van der Waals surface area contributed by atoms with Gasteiger partial charge in [-0.2, -0.15) is 0 Å². The summed E-state index contributed by atoms with van der Waals surface area (Å²) in [5.41, 5.74) is -1.57. The molecule has 3 unspecified atom stereocenters. The summed E-state index contributed by atoms with van der Waals surface area (Å²) < 4.78 is 48.8. The minimum Gasteiger partial charge on any atom is -0.390 e. The summed E-state index contributed by atoms with van der Waals surface area (Å²) in [5.74, 6) is -3.77. The van der Waals surface area contributed by atoms with Crippen LogP contribution in [0.2, 0.25) is 0 Å². The van der Waals surface area contributed by atoms with Crippen LogP contribution in [0.25, 0.3) is 11.3 Å². The van der Waals surface area contributed by atoms with E-state index in [-0.39, 0.29) is 17.8 Å². The normalized spacial score (nSPS) is 23.0. The summed E-state index contributed by atoms with van der Waals surface area (Å²) in [6.07, 6.45) is 1.64. The van der Waals surface area contributed by atoms with E-state index in [1.54, 1.807) is 6.07 Å². The van der Waals surface area contributed by atoms with Crippen LogP contribution in [-0.2, 0) is 4.74 Å². The van der Waals surface area contributed by atoms with Gasteiger partial charge in [-0.15, -0.1) is 0 Å². The molecule has 1 aliphatic carbocycles. The highest BCUT2D eigenvalue weighted by molar-refractivity contribution is 6.03. The summed E-state index contributed by atoms with van der Waals surface area (Å²) in [7, 11) is 0. The van der Waals surface area contributed by atoms with E-state index in [9.17, 15) is 28.2 Å². The Kier molecular flexibility index (Phi) is 5.59. The number of amides is 1. The number of halogens is 3. The minimum atomic E-state index is -1.01. The Hall–Kier alpha value is -3.34. The second kappa shape index (κ2) is 8.46. The van der Waals surface area contributed by atoms with E-state index in [2.05, 4.69) is 15.3 Å². The number of aromatic nitrogens is 2. The number of aliphatic hydroxyl groups is 2. The molecule has 176 valence electrons. The molecule has 2 aliphatic rings. The minimum absolute atomic E-state index is 0.112. The summed E-state index contributed by atoms with van der Waals surface area (Å²) in [4.78, 5) is 20.8. The Bertz CT molecular complexity index is 1250. The number of ether oxygens (including phenoxy) is 1. The second-order valence-corrected chi connectivity index (χ2v) is 8.46. The van der Waals surface area contributed by atoms with Gasteiger partial charge in [-0.05, 0) is 43.2 Å². The van der Waals surface area contributed by atoms with Crippen LogP contribution in [-0.4, -0.2) is 43.9 Å². The fourth-order valence-corrected chi connectivity index (χ4v) is 4.27. The molecule has 1 spiro atoms. The molecule has 3 N–H and O–H groups in total. The Morgan fingerprint density at radius 2 is 1.79 bits per heavy atom. The van der Waals surface area contributed by atoms with Crippen LogP contribution in [0.15, 0.2) is 48.8 Å². The molecule has 1 saturated heterocycles. The van der Waals surface area contributed by atoms with E-state index in [1.807, 2.05) is 0 Å². The van der Waals surface area contributed by atoms with Crippen molar-refractivity contribution in [2.45, 2.75) is 43.2 Å². The van der Waals surface area contributed by atoms with Gasteiger partial charge in [0.15, 0.2) is 0 Å². The first kappa shape index (κ1) is 22.5. The number of nitrogens with one attached hydrogen (secondary N) is 1. The van der Waals surface area contributed by atoms with Crippen molar-refractivity contribution in [1.82, 2.24) is 9.97 Å². The number of benzene rings is 1. The van der Waals surface area contributed by atoms with Crippen molar-refractivity contribution in [3.05, 3.63) is 77.5 Å². The predicted octanol–water partition coefficient (Wildman–Crippen LogP) is 3.53. The lowest BCUT2D eigenvalue weighted by Gasteiger charge is -2.38. The highest BCUT2D eigenvalue weighted by atomic mass is 19.1. The molecule has 1 saturated carbocycles. The Morgan fingerprint density at radius 3 is 2.50 bits per heavy atom. The maximum atomic E-state index is 14.4. The Labute approximate surface area is 192 Å². The first-order chi connectivity index (χ1) is 16.3. The van der Waals surface area contributed by atoms with Crippen LogP contribution >= 0.6 is 0 Å². The van der Waals surface area contributed by atoms with Crippen molar-refractivity contribution >= 4 is 11.6 Å². The molecular formula is C24H20F3N3O4. The van der Waals surface area contributed by atoms with E-state index in [4.69, 9.17) is 4.74 Å². The highest BCUT2D eigenvalue weighted by Crippen LogP contribution is 2.52. The number of anilines is 1. The fourth-order valence-electron chi connectivity index (χ4n) is 4.27. The van der Waals surface area contributed by atoms with Crippen molar-refractivity contribution in [3.63, 3.8) is 0 Å². The van der Waals surface area contributed by atoms with Gasteiger partial charge in [-0.1, -0.05) is 6.07 Å². The van der Waals surface area contributed by atoms with Crippen LogP contribution < -0.4 is 5.32 Å². The molecule has 7 nitrogen and oxygen atoms in total. The molecule has 3 heterocycles. The Balaban J connectivity index is 1.43. The van der Waals surface area contributed by atoms with Gasteiger partial charge >= 0.3 is 0 Å². The molecule has 34 heavy (non-hydrogen) atoms. The third kappa shape index (κ3) is 3.93. The quantitative estimate of drug-likeness (QED) is 0.538. The van der Waals surface area contributed by atoms with E-state index < -0.39 is 58.5 Å². The number of carbonyl (C=O) groups excluding carboxylic acids is 1. The standard InChI is InChI=1S/C24H20F3N3O4/c25-13-2-1-3-14(26)20(13)21-15(27)4-5-16(29-21)23(33)30-17-11-28-9-6-12(17)19-10-18(31)22(32)24(34-19)7-8-24/h1-6,9,11,18-19,22,31-32H,7-8,10H2,(H,30,33). The molecule has 10 heteroatoms. The number of hydrogen-bond donors (Lipinski definition) is 3. The first-order valence-corrected chi connectivity index (χ1v) is 10.7. The van der Waals surface area contributed by atoms with Gasteiger partial charge in [0, 0.05) is 18.2 Å². The SMILES string of the molecule is O=C(Nc1cnccc1C1CC(O)C(O)C2(CC2)O1)c1ccc(F)c(-c2c(F)cccc2F)n1. The number of nitrogens with zero attached hydrogens (tertiary/aromatic N) is 2. The molecule has 0 radical (unpaired) electrons. The zero-order valence-corrected chi connectivity index (χ0v) is 17.7. The number of rotatable bonds is 4. The van der Waals surface area contributed by atoms with Gasteiger partial charge in [-0.3, -0.25) is 9.78 Å². The van der Waals surface area contributed by atoms with Gasteiger partial charge < -0.3 is 20.3 Å². The third-order valence-corrected chi connectivity index (χ3v) is 6.21. The van der Waals surface area contributed by atoms with Gasteiger partial charge in [0.05, 0.1) is 35.3 Å². The molecule has 3 aromatic rings. The van der Waals surface area contributed by atoms with Crippen LogP contribution in [0.1, 0.15) is 41.4 Å². The number of hydrogen-bond acceptors (Lipinski definition) is 6. The number of aliphatic hydroxyl groups excluding tert-OH is 2. The molecule has 3 atom stereocenters. The zero-order valence-electron chi connectivity index (χ0n) is 17.7. The molecule has 1 aliphatic heterocycles. The third-order valence-electron chi connectivity index (χ3n) is 6.21. The average Bonchev–Trinajstić information content (AvgIpc) is 3.58. The summed E-state index contributed by atoms with van der Waals surface area (Å²) in [6, 6.07) is 6.71. The van der Waals surface area contributed by atoms with Crippen molar-refractivity contribution in [1.29, 1.82) is 0 Å². The second-order valence-electron chi connectivity index (χ2n) is 8.46. The monoisotopic (exact) mass is 471 g/mol. The predicted molar refractivity (Wildman–Crippen MR) is 114 cm³/mol. The van der Waals surface area contributed by atoms with E-state index in [0.717, 1.165) is 30.3 Å². The Morgan fingerprint density at radius 1 is 1.06 bits per heavy atom.